The lowest BCUT2D eigenvalue weighted by Crippen LogP contribution is -2.45. The number of hydrogen-bond acceptors (Lipinski definition) is 3. The van der Waals surface area contributed by atoms with Gasteiger partial charge in [-0.05, 0) is 6.42 Å². The van der Waals surface area contributed by atoms with E-state index < -0.39 is 0 Å². The Morgan fingerprint density at radius 1 is 1.67 bits per heavy atom. The number of allylic oxidation sites excluding steroid dienone is 1. The number of ketones is 1. The van der Waals surface area contributed by atoms with Gasteiger partial charge < -0.3 is 5.32 Å². The minimum atomic E-state index is -0.111. The highest BCUT2D eigenvalue weighted by Crippen LogP contribution is 2.48. The molecular formula is C9H8N2O. The molecule has 0 bridgehead atoms. The Kier molecular flexibility index (Phi) is 0.865. The van der Waals surface area contributed by atoms with E-state index in [9.17, 15) is 4.79 Å². The molecule has 0 radical (unpaired) electrons. The number of carbonyl (C=O) groups is 1. The molecule has 12 heavy (non-hydrogen) atoms. The van der Waals surface area contributed by atoms with Crippen LogP contribution in [0.2, 0.25) is 0 Å². The van der Waals surface area contributed by atoms with E-state index in [-0.39, 0.29) is 11.3 Å². The summed E-state index contributed by atoms with van der Waals surface area (Å²) in [5, 5.41) is 3.22. The van der Waals surface area contributed by atoms with Crippen LogP contribution in [0.3, 0.4) is 0 Å². The molecule has 2 aliphatic heterocycles. The molecule has 1 fully saturated rings. The standard InChI is InChI=1S/C9H8N2O/c12-7-2-4-11-9-5-6(9)1-3-10-8(7)9/h1-4,6,11H,5H2/t6-,9?/m0/s1. The lowest BCUT2D eigenvalue weighted by atomic mass is 9.98. The minimum Gasteiger partial charge on any atom is -0.379 e. The van der Waals surface area contributed by atoms with Crippen LogP contribution in [0.4, 0.5) is 0 Å². The summed E-state index contributed by atoms with van der Waals surface area (Å²) < 4.78 is 0. The lowest BCUT2D eigenvalue weighted by molar-refractivity contribution is -0.109. The van der Waals surface area contributed by atoms with Gasteiger partial charge in [0, 0.05) is 24.4 Å². The number of hydrogen-bond donors (Lipinski definition) is 1. The number of carbonyl (C=O) groups excluding carboxylic acids is 1. The normalized spacial score (nSPS) is 41.2. The molecule has 0 saturated heterocycles. The van der Waals surface area contributed by atoms with Crippen molar-refractivity contribution in [1.29, 1.82) is 0 Å². The Balaban J connectivity index is 2.16. The minimum absolute atomic E-state index is 0.0561. The van der Waals surface area contributed by atoms with Crippen LogP contribution in [0.15, 0.2) is 29.5 Å². The van der Waals surface area contributed by atoms with Crippen LogP contribution in [0.1, 0.15) is 6.42 Å². The average molecular weight is 160 g/mol. The maximum absolute atomic E-state index is 11.4. The van der Waals surface area contributed by atoms with Gasteiger partial charge in [-0.2, -0.15) is 0 Å². The Labute approximate surface area is 69.9 Å². The summed E-state index contributed by atoms with van der Waals surface area (Å²) in [6.07, 6.45) is 8.09. The summed E-state index contributed by atoms with van der Waals surface area (Å²) in [4.78, 5) is 15.5. The molecule has 0 aromatic carbocycles. The van der Waals surface area contributed by atoms with Crippen LogP contribution in [0.25, 0.3) is 0 Å². The number of nitrogens with zero attached hydrogens (tertiary/aromatic N) is 1. The first-order valence-corrected chi connectivity index (χ1v) is 4.06. The third kappa shape index (κ3) is 0.534. The van der Waals surface area contributed by atoms with Crippen LogP contribution in [-0.4, -0.2) is 17.0 Å². The van der Waals surface area contributed by atoms with Crippen molar-refractivity contribution in [2.75, 3.05) is 0 Å². The second-order valence-electron chi connectivity index (χ2n) is 3.44. The highest BCUT2D eigenvalue weighted by atomic mass is 16.1. The van der Waals surface area contributed by atoms with Crippen molar-refractivity contribution in [2.24, 2.45) is 10.9 Å². The van der Waals surface area contributed by atoms with Gasteiger partial charge in [-0.1, -0.05) is 6.08 Å². The van der Waals surface area contributed by atoms with Gasteiger partial charge in [0.25, 0.3) is 0 Å². The predicted octanol–water partition coefficient (Wildman–Crippen LogP) is 0.399. The van der Waals surface area contributed by atoms with Crippen LogP contribution >= 0.6 is 0 Å². The van der Waals surface area contributed by atoms with Gasteiger partial charge in [0.1, 0.15) is 5.71 Å². The maximum atomic E-state index is 11.4. The maximum Gasteiger partial charge on any atom is 0.203 e. The van der Waals surface area contributed by atoms with Gasteiger partial charge in [-0.25, -0.2) is 0 Å². The molecule has 3 aliphatic rings. The fraction of sp³-hybridized carbons (Fsp3) is 0.333. The Hall–Kier alpha value is -1.38. The molecule has 1 spiro atoms. The van der Waals surface area contributed by atoms with Crippen molar-refractivity contribution in [3.05, 3.63) is 24.6 Å². The van der Waals surface area contributed by atoms with Gasteiger partial charge in [-0.15, -0.1) is 0 Å². The zero-order chi connectivity index (χ0) is 8.18. The van der Waals surface area contributed by atoms with Crippen molar-refractivity contribution in [3.63, 3.8) is 0 Å². The molecule has 60 valence electrons. The SMILES string of the molecule is O=C1C=CNC23C[C@@H]2C=CN=C13. The highest BCUT2D eigenvalue weighted by molar-refractivity contribution is 6.49. The topological polar surface area (TPSA) is 41.5 Å². The van der Waals surface area contributed by atoms with Gasteiger partial charge >= 0.3 is 0 Å². The average Bonchev–Trinajstić information content (AvgIpc) is 2.76. The smallest absolute Gasteiger partial charge is 0.203 e. The Morgan fingerprint density at radius 2 is 2.58 bits per heavy atom. The van der Waals surface area contributed by atoms with E-state index in [1.54, 1.807) is 18.5 Å². The van der Waals surface area contributed by atoms with Crippen molar-refractivity contribution < 1.29 is 4.79 Å². The summed E-state index contributed by atoms with van der Waals surface area (Å²) in [7, 11) is 0. The first-order valence-electron chi connectivity index (χ1n) is 4.06. The molecule has 0 aromatic rings. The summed E-state index contributed by atoms with van der Waals surface area (Å²) >= 11 is 0. The van der Waals surface area contributed by atoms with Crippen LogP contribution < -0.4 is 5.32 Å². The fourth-order valence-corrected chi connectivity index (χ4v) is 1.99. The molecule has 3 heteroatoms. The molecule has 1 aliphatic carbocycles. The van der Waals surface area contributed by atoms with E-state index in [1.165, 1.54) is 0 Å². The largest absolute Gasteiger partial charge is 0.379 e. The zero-order valence-electron chi connectivity index (χ0n) is 6.45. The van der Waals surface area contributed by atoms with Gasteiger partial charge in [0.05, 0.1) is 5.54 Å². The fourth-order valence-electron chi connectivity index (χ4n) is 1.99. The molecule has 2 heterocycles. The number of rotatable bonds is 0. The van der Waals surface area contributed by atoms with Gasteiger partial charge in [0.2, 0.25) is 5.78 Å². The van der Waals surface area contributed by atoms with Crippen molar-refractivity contribution >= 4 is 11.5 Å². The molecule has 2 atom stereocenters. The molecule has 3 rings (SSSR count). The summed E-state index contributed by atoms with van der Waals surface area (Å²) in [5.74, 6) is 0.541. The highest BCUT2D eigenvalue weighted by Gasteiger charge is 2.59. The van der Waals surface area contributed by atoms with Gasteiger partial charge in [-0.3, -0.25) is 9.79 Å². The Bertz CT molecular complexity index is 354. The molecule has 1 unspecified atom stereocenters. The predicted molar refractivity (Wildman–Crippen MR) is 44.7 cm³/mol. The van der Waals surface area contributed by atoms with E-state index in [4.69, 9.17) is 0 Å². The van der Waals surface area contributed by atoms with E-state index in [1.807, 2.05) is 0 Å². The quantitative estimate of drug-likeness (QED) is 0.557. The first-order chi connectivity index (χ1) is 5.83. The van der Waals surface area contributed by atoms with Crippen molar-refractivity contribution in [3.8, 4) is 0 Å². The van der Waals surface area contributed by atoms with Crippen LogP contribution in [0.5, 0.6) is 0 Å². The third-order valence-electron chi connectivity index (χ3n) is 2.77. The van der Waals surface area contributed by atoms with E-state index in [0.29, 0.717) is 11.6 Å². The molecular weight excluding hydrogens is 152 g/mol. The van der Waals surface area contributed by atoms with Crippen molar-refractivity contribution in [1.82, 2.24) is 5.32 Å². The van der Waals surface area contributed by atoms with Crippen LogP contribution in [-0.2, 0) is 4.79 Å². The summed E-state index contributed by atoms with van der Waals surface area (Å²) in [6.45, 7) is 0. The molecule has 1 N–H and O–H groups in total. The first kappa shape index (κ1) is 6.17. The summed E-state index contributed by atoms with van der Waals surface area (Å²) in [6, 6.07) is 0. The Morgan fingerprint density at radius 3 is 3.42 bits per heavy atom. The second-order valence-corrected chi connectivity index (χ2v) is 3.44. The third-order valence-corrected chi connectivity index (χ3v) is 2.77. The molecule has 0 amide bonds. The molecule has 1 saturated carbocycles. The van der Waals surface area contributed by atoms with Crippen LogP contribution in [0, 0.1) is 5.92 Å². The molecule has 0 aromatic heterocycles. The zero-order valence-corrected chi connectivity index (χ0v) is 6.45. The molecule has 3 nitrogen and oxygen atoms in total. The van der Waals surface area contributed by atoms with Gasteiger partial charge in [0.15, 0.2) is 0 Å². The lowest BCUT2D eigenvalue weighted by Gasteiger charge is -2.23. The van der Waals surface area contributed by atoms with E-state index in [2.05, 4.69) is 16.4 Å². The van der Waals surface area contributed by atoms with E-state index >= 15 is 0 Å². The monoisotopic (exact) mass is 160 g/mol. The number of aliphatic imine (C=N–C) groups is 1. The van der Waals surface area contributed by atoms with E-state index in [0.717, 1.165) is 6.42 Å². The second kappa shape index (κ2) is 1.68. The number of nitrogens with one attached hydrogen (secondary N) is 1. The van der Waals surface area contributed by atoms with Crippen molar-refractivity contribution in [2.45, 2.75) is 12.0 Å². The summed E-state index contributed by atoms with van der Waals surface area (Å²) in [5.41, 5.74) is 0.582.